The second-order valence-electron chi connectivity index (χ2n) is 6.41. The van der Waals surface area contributed by atoms with Crippen LogP contribution in [0.25, 0.3) is 11.5 Å². The molecule has 2 heterocycles. The van der Waals surface area contributed by atoms with Gasteiger partial charge in [0.25, 0.3) is 5.89 Å². The minimum Gasteiger partial charge on any atom is -0.493 e. The molecule has 28 heavy (non-hydrogen) atoms. The summed E-state index contributed by atoms with van der Waals surface area (Å²) in [5.41, 5.74) is 1.48. The van der Waals surface area contributed by atoms with Gasteiger partial charge in [0.1, 0.15) is 0 Å². The number of carbonyl (C=O) groups excluding carboxylic acids is 1. The van der Waals surface area contributed by atoms with Crippen LogP contribution in [0.2, 0.25) is 5.02 Å². The van der Waals surface area contributed by atoms with Gasteiger partial charge in [-0.3, -0.25) is 4.79 Å². The van der Waals surface area contributed by atoms with Crippen molar-refractivity contribution >= 4 is 23.2 Å². The lowest BCUT2D eigenvalue weighted by atomic mass is 10.1. The van der Waals surface area contributed by atoms with Crippen molar-refractivity contribution in [3.8, 4) is 23.0 Å². The largest absolute Gasteiger partial charge is 0.493 e. The number of nitrogens with zero attached hydrogens (tertiary/aromatic N) is 3. The average molecular weight is 400 g/mol. The molecule has 1 atom stereocenters. The fraction of sp³-hybridized carbons (Fsp3) is 0.250. The Hall–Kier alpha value is -3.06. The first-order valence-electron chi connectivity index (χ1n) is 8.71. The minimum absolute atomic E-state index is 0.00803. The molecule has 1 saturated heterocycles. The molecule has 1 fully saturated rings. The molecule has 8 heteroatoms. The van der Waals surface area contributed by atoms with Gasteiger partial charge in [0.2, 0.25) is 5.91 Å². The van der Waals surface area contributed by atoms with Crippen molar-refractivity contribution in [2.75, 3.05) is 25.7 Å². The van der Waals surface area contributed by atoms with E-state index < -0.39 is 0 Å². The van der Waals surface area contributed by atoms with Gasteiger partial charge >= 0.3 is 0 Å². The molecule has 4 rings (SSSR count). The van der Waals surface area contributed by atoms with Crippen LogP contribution in [-0.2, 0) is 4.79 Å². The van der Waals surface area contributed by atoms with E-state index in [0.29, 0.717) is 41.2 Å². The third-order valence-electron chi connectivity index (χ3n) is 4.68. The van der Waals surface area contributed by atoms with Crippen molar-refractivity contribution in [3.05, 3.63) is 53.3 Å². The smallest absolute Gasteiger partial charge is 0.257 e. The highest BCUT2D eigenvalue weighted by atomic mass is 35.5. The third-order valence-corrected chi connectivity index (χ3v) is 4.92. The molecule has 1 aromatic heterocycles. The maximum absolute atomic E-state index is 12.6. The van der Waals surface area contributed by atoms with E-state index in [4.69, 9.17) is 25.6 Å². The number of ether oxygens (including phenoxy) is 2. The number of halogens is 1. The molecule has 0 bridgehead atoms. The monoisotopic (exact) mass is 399 g/mol. The van der Waals surface area contributed by atoms with Crippen molar-refractivity contribution in [1.82, 2.24) is 10.1 Å². The van der Waals surface area contributed by atoms with Crippen LogP contribution in [0.4, 0.5) is 5.69 Å². The van der Waals surface area contributed by atoms with Crippen molar-refractivity contribution < 1.29 is 18.8 Å². The first kappa shape index (κ1) is 18.3. The van der Waals surface area contributed by atoms with E-state index >= 15 is 0 Å². The lowest BCUT2D eigenvalue weighted by Crippen LogP contribution is -2.24. The zero-order chi connectivity index (χ0) is 19.7. The summed E-state index contributed by atoms with van der Waals surface area (Å²) in [5, 5.41) is 4.67. The fourth-order valence-corrected chi connectivity index (χ4v) is 3.45. The Labute approximate surface area is 166 Å². The van der Waals surface area contributed by atoms with Gasteiger partial charge in [0, 0.05) is 41.2 Å². The summed E-state index contributed by atoms with van der Waals surface area (Å²) in [6, 6.07) is 12.6. The summed E-state index contributed by atoms with van der Waals surface area (Å²) in [4.78, 5) is 18.7. The Kier molecular flexibility index (Phi) is 4.92. The summed E-state index contributed by atoms with van der Waals surface area (Å²) >= 11 is 6.02. The highest BCUT2D eigenvalue weighted by Gasteiger charge is 2.35. The topological polar surface area (TPSA) is 77.7 Å². The molecule has 1 amide bonds. The normalized spacial score (nSPS) is 16.5. The van der Waals surface area contributed by atoms with E-state index in [-0.39, 0.29) is 11.8 Å². The van der Waals surface area contributed by atoms with Crippen LogP contribution in [0.15, 0.2) is 47.0 Å². The van der Waals surface area contributed by atoms with Crippen LogP contribution < -0.4 is 14.4 Å². The number of benzene rings is 2. The summed E-state index contributed by atoms with van der Waals surface area (Å²) < 4.78 is 16.0. The lowest BCUT2D eigenvalue weighted by molar-refractivity contribution is -0.117. The maximum Gasteiger partial charge on any atom is 0.257 e. The summed E-state index contributed by atoms with van der Waals surface area (Å²) in [6.45, 7) is 0.461. The molecule has 0 radical (unpaired) electrons. The molecule has 1 aliphatic heterocycles. The molecule has 7 nitrogen and oxygen atoms in total. The van der Waals surface area contributed by atoms with Crippen LogP contribution >= 0.6 is 11.6 Å². The van der Waals surface area contributed by atoms with Gasteiger partial charge in [-0.25, -0.2) is 0 Å². The molecule has 0 unspecified atom stereocenters. The van der Waals surface area contributed by atoms with Gasteiger partial charge in [-0.1, -0.05) is 22.8 Å². The van der Waals surface area contributed by atoms with Gasteiger partial charge in [-0.15, -0.1) is 0 Å². The van der Waals surface area contributed by atoms with Crippen LogP contribution in [0.3, 0.4) is 0 Å². The Morgan fingerprint density at radius 1 is 1.14 bits per heavy atom. The fourth-order valence-electron chi connectivity index (χ4n) is 3.26. The first-order valence-corrected chi connectivity index (χ1v) is 9.08. The second kappa shape index (κ2) is 7.52. The Morgan fingerprint density at radius 2 is 1.96 bits per heavy atom. The van der Waals surface area contributed by atoms with Crippen LogP contribution in [-0.4, -0.2) is 36.8 Å². The van der Waals surface area contributed by atoms with E-state index in [1.54, 1.807) is 43.4 Å². The Bertz CT molecular complexity index is 1020. The molecule has 0 N–H and O–H groups in total. The van der Waals surface area contributed by atoms with E-state index in [2.05, 4.69) is 10.1 Å². The van der Waals surface area contributed by atoms with Gasteiger partial charge in [-0.05, 0) is 30.3 Å². The van der Waals surface area contributed by atoms with Gasteiger partial charge in [-0.2, -0.15) is 4.98 Å². The molecular weight excluding hydrogens is 382 g/mol. The van der Waals surface area contributed by atoms with Crippen molar-refractivity contribution in [2.45, 2.75) is 12.3 Å². The van der Waals surface area contributed by atoms with Crippen molar-refractivity contribution in [2.24, 2.45) is 0 Å². The number of hydrogen-bond donors (Lipinski definition) is 0. The number of hydrogen-bond acceptors (Lipinski definition) is 6. The van der Waals surface area contributed by atoms with Gasteiger partial charge < -0.3 is 18.9 Å². The molecular formula is C20H18ClN3O4. The summed E-state index contributed by atoms with van der Waals surface area (Å²) in [6.07, 6.45) is 0.308. The molecule has 2 aromatic carbocycles. The standard InChI is InChI=1S/C20H18ClN3O4/c1-26-16-7-6-15(10-17(16)27-2)24-11-13(9-18(24)25)19-22-20(28-23-19)12-4-3-5-14(21)8-12/h3-8,10,13H,9,11H2,1-2H3/t13-/m1/s1. The molecule has 0 saturated carbocycles. The van der Waals surface area contributed by atoms with E-state index in [9.17, 15) is 4.79 Å². The van der Waals surface area contributed by atoms with Gasteiger partial charge in [0.15, 0.2) is 17.3 Å². The number of anilines is 1. The SMILES string of the molecule is COc1ccc(N2C[C@H](c3noc(-c4cccc(Cl)c4)n3)CC2=O)cc1OC. The van der Waals surface area contributed by atoms with Crippen molar-refractivity contribution in [1.29, 1.82) is 0 Å². The highest BCUT2D eigenvalue weighted by molar-refractivity contribution is 6.30. The molecule has 0 aliphatic carbocycles. The summed E-state index contributed by atoms with van der Waals surface area (Å²) in [5.74, 6) is 1.90. The maximum atomic E-state index is 12.6. The second-order valence-corrected chi connectivity index (χ2v) is 6.85. The van der Waals surface area contributed by atoms with E-state index in [1.165, 1.54) is 0 Å². The quantitative estimate of drug-likeness (QED) is 0.647. The lowest BCUT2D eigenvalue weighted by Gasteiger charge is -2.18. The predicted molar refractivity (Wildman–Crippen MR) is 104 cm³/mol. The Morgan fingerprint density at radius 3 is 2.71 bits per heavy atom. The van der Waals surface area contributed by atoms with Crippen LogP contribution in [0, 0.1) is 0 Å². The Balaban J connectivity index is 1.56. The number of methoxy groups -OCH3 is 2. The zero-order valence-electron chi connectivity index (χ0n) is 15.4. The molecule has 3 aromatic rings. The summed E-state index contributed by atoms with van der Waals surface area (Å²) in [7, 11) is 3.13. The number of rotatable bonds is 5. The minimum atomic E-state index is -0.155. The molecule has 1 aliphatic rings. The highest BCUT2D eigenvalue weighted by Crippen LogP contribution is 2.36. The van der Waals surface area contributed by atoms with E-state index in [1.807, 2.05) is 18.2 Å². The number of carbonyl (C=O) groups is 1. The predicted octanol–water partition coefficient (Wildman–Crippen LogP) is 3.93. The van der Waals surface area contributed by atoms with Crippen molar-refractivity contribution in [3.63, 3.8) is 0 Å². The van der Waals surface area contributed by atoms with Crippen LogP contribution in [0.1, 0.15) is 18.2 Å². The number of amides is 1. The average Bonchev–Trinajstić information content (AvgIpc) is 3.34. The van der Waals surface area contributed by atoms with E-state index in [0.717, 1.165) is 11.3 Å². The molecule has 0 spiro atoms. The van der Waals surface area contributed by atoms with Crippen LogP contribution in [0.5, 0.6) is 11.5 Å². The molecule has 144 valence electrons. The zero-order valence-corrected chi connectivity index (χ0v) is 16.1. The number of aromatic nitrogens is 2. The van der Waals surface area contributed by atoms with Gasteiger partial charge in [0.05, 0.1) is 14.2 Å². The first-order chi connectivity index (χ1) is 13.6. The third kappa shape index (κ3) is 3.41.